The predicted octanol–water partition coefficient (Wildman–Crippen LogP) is 7.51. The Kier molecular flexibility index (Phi) is 11.4. The van der Waals surface area contributed by atoms with Crippen LogP contribution in [0.4, 0.5) is 5.69 Å². The average molecular weight is 732 g/mol. The first-order valence-corrected chi connectivity index (χ1v) is 17.2. The highest BCUT2D eigenvalue weighted by Crippen LogP contribution is 2.30. The zero-order chi connectivity index (χ0) is 32.8. The fourth-order valence-electron chi connectivity index (χ4n) is 4.74. The van der Waals surface area contributed by atoms with Crippen molar-refractivity contribution in [2.45, 2.75) is 50.2 Å². The molecule has 1 unspecified atom stereocenters. The molecule has 0 saturated heterocycles. The van der Waals surface area contributed by atoms with Gasteiger partial charge in [-0.05, 0) is 68.8 Å². The molecule has 0 aliphatic carbocycles. The van der Waals surface area contributed by atoms with Gasteiger partial charge in [-0.2, -0.15) is 0 Å². The maximum atomic E-state index is 14.6. The first-order chi connectivity index (χ1) is 21.3. The molecule has 0 fully saturated rings. The largest absolute Gasteiger partial charge is 0.350 e. The highest BCUT2D eigenvalue weighted by atomic mass is 79.9. The SMILES string of the molecule is CC(C)(C)NC(=O)C(Cc1ccccc1)N(Cc1c(Cl)cccc1Cl)C(=O)CN(c1cccc(Br)c1)S(=O)(=O)c1ccccc1. The summed E-state index contributed by atoms with van der Waals surface area (Å²) in [6.07, 6.45) is 0.166. The van der Waals surface area contributed by atoms with E-state index in [1.165, 1.54) is 17.0 Å². The monoisotopic (exact) mass is 729 g/mol. The van der Waals surface area contributed by atoms with Crippen molar-refractivity contribution in [2.24, 2.45) is 0 Å². The van der Waals surface area contributed by atoms with E-state index in [0.29, 0.717) is 20.1 Å². The van der Waals surface area contributed by atoms with Gasteiger partial charge in [-0.25, -0.2) is 8.42 Å². The van der Waals surface area contributed by atoms with Crippen molar-refractivity contribution in [1.29, 1.82) is 0 Å². The summed E-state index contributed by atoms with van der Waals surface area (Å²) < 4.78 is 29.8. The number of hydrogen-bond acceptors (Lipinski definition) is 4. The number of benzene rings is 4. The second-order valence-corrected chi connectivity index (χ2v) is 15.1. The van der Waals surface area contributed by atoms with Gasteiger partial charge in [0.25, 0.3) is 10.0 Å². The van der Waals surface area contributed by atoms with Gasteiger partial charge >= 0.3 is 0 Å². The Morgan fingerprint density at radius 3 is 2.00 bits per heavy atom. The molecule has 1 atom stereocenters. The lowest BCUT2D eigenvalue weighted by molar-refractivity contribution is -0.140. The molecule has 0 aliphatic rings. The van der Waals surface area contributed by atoms with Crippen molar-refractivity contribution in [2.75, 3.05) is 10.8 Å². The molecule has 45 heavy (non-hydrogen) atoms. The van der Waals surface area contributed by atoms with E-state index in [4.69, 9.17) is 23.2 Å². The van der Waals surface area contributed by atoms with Gasteiger partial charge in [0.2, 0.25) is 11.8 Å². The van der Waals surface area contributed by atoms with Crippen molar-refractivity contribution < 1.29 is 18.0 Å². The highest BCUT2D eigenvalue weighted by Gasteiger charge is 2.36. The third kappa shape index (κ3) is 9.10. The molecule has 0 aromatic heterocycles. The van der Waals surface area contributed by atoms with Crippen LogP contribution in [0.3, 0.4) is 0 Å². The number of rotatable bonds is 11. The Morgan fingerprint density at radius 2 is 1.42 bits per heavy atom. The van der Waals surface area contributed by atoms with E-state index in [2.05, 4.69) is 21.2 Å². The lowest BCUT2D eigenvalue weighted by Gasteiger charge is -2.35. The van der Waals surface area contributed by atoms with E-state index in [1.807, 2.05) is 51.1 Å². The Labute approximate surface area is 283 Å². The zero-order valence-electron chi connectivity index (χ0n) is 25.1. The number of carbonyl (C=O) groups excluding carboxylic acids is 2. The Hall–Kier alpha value is -3.37. The summed E-state index contributed by atoms with van der Waals surface area (Å²) in [5.74, 6) is -1.02. The maximum absolute atomic E-state index is 14.6. The lowest BCUT2D eigenvalue weighted by atomic mass is 10.0. The van der Waals surface area contributed by atoms with Crippen LogP contribution in [0, 0.1) is 0 Å². The highest BCUT2D eigenvalue weighted by molar-refractivity contribution is 9.10. The standard InChI is InChI=1S/C34H34BrCl2N3O4S/c1-34(2,3)38-33(42)31(20-24-12-6-4-7-13-24)39(22-28-29(36)18-11-19-30(28)37)32(41)23-40(26-15-10-14-25(35)21-26)45(43,44)27-16-8-5-9-17-27/h4-19,21,31H,20,22-23H2,1-3H3,(H,38,42). The predicted molar refractivity (Wildman–Crippen MR) is 184 cm³/mol. The van der Waals surface area contributed by atoms with Crippen LogP contribution in [0.15, 0.2) is 112 Å². The van der Waals surface area contributed by atoms with E-state index < -0.39 is 40.0 Å². The van der Waals surface area contributed by atoms with Gasteiger partial charge in [0, 0.05) is 38.6 Å². The molecule has 0 saturated carbocycles. The van der Waals surface area contributed by atoms with Crippen LogP contribution >= 0.6 is 39.1 Å². The fourth-order valence-corrected chi connectivity index (χ4v) is 7.07. The van der Waals surface area contributed by atoms with Gasteiger partial charge in [-0.1, -0.05) is 99.8 Å². The number of anilines is 1. The van der Waals surface area contributed by atoms with Crippen molar-refractivity contribution in [1.82, 2.24) is 10.2 Å². The van der Waals surface area contributed by atoms with E-state index in [0.717, 1.165) is 9.87 Å². The minimum atomic E-state index is -4.21. The molecule has 0 radical (unpaired) electrons. The van der Waals surface area contributed by atoms with Crippen LogP contribution in [0.5, 0.6) is 0 Å². The minimum Gasteiger partial charge on any atom is -0.350 e. The van der Waals surface area contributed by atoms with Gasteiger partial charge in [0.05, 0.1) is 10.6 Å². The smallest absolute Gasteiger partial charge is 0.264 e. The molecule has 7 nitrogen and oxygen atoms in total. The Morgan fingerprint density at radius 1 is 0.844 bits per heavy atom. The summed E-state index contributed by atoms with van der Waals surface area (Å²) in [7, 11) is -4.21. The number of nitrogens with zero attached hydrogens (tertiary/aromatic N) is 2. The normalized spacial score (nSPS) is 12.3. The number of sulfonamides is 1. The van der Waals surface area contributed by atoms with Crippen LogP contribution in [0.2, 0.25) is 10.0 Å². The van der Waals surface area contributed by atoms with E-state index >= 15 is 0 Å². The topological polar surface area (TPSA) is 86.8 Å². The molecule has 11 heteroatoms. The molecular weight excluding hydrogens is 697 g/mol. The molecule has 4 aromatic rings. The van der Waals surface area contributed by atoms with Crippen molar-refractivity contribution >= 4 is 66.7 Å². The maximum Gasteiger partial charge on any atom is 0.264 e. The van der Waals surface area contributed by atoms with Gasteiger partial charge in [-0.15, -0.1) is 0 Å². The Balaban J connectivity index is 1.85. The van der Waals surface area contributed by atoms with Crippen LogP contribution in [0.1, 0.15) is 31.9 Å². The summed E-state index contributed by atoms with van der Waals surface area (Å²) in [5.41, 5.74) is 0.920. The lowest BCUT2D eigenvalue weighted by Crippen LogP contribution is -2.56. The van der Waals surface area contributed by atoms with Crippen molar-refractivity contribution in [3.63, 3.8) is 0 Å². The summed E-state index contributed by atoms with van der Waals surface area (Å²) in [6, 6.07) is 27.9. The van der Waals surface area contributed by atoms with Crippen LogP contribution in [0.25, 0.3) is 0 Å². The Bertz CT molecular complexity index is 1730. The molecule has 1 N–H and O–H groups in total. The third-order valence-electron chi connectivity index (χ3n) is 6.87. The number of halogens is 3. The molecular formula is C34H34BrCl2N3O4S. The first-order valence-electron chi connectivity index (χ1n) is 14.2. The van der Waals surface area contributed by atoms with Crippen molar-refractivity contribution in [3.8, 4) is 0 Å². The molecule has 0 spiro atoms. The second kappa shape index (κ2) is 14.8. The molecule has 4 rings (SSSR count). The number of carbonyl (C=O) groups is 2. The van der Waals surface area contributed by atoms with Gasteiger partial charge in [-0.3, -0.25) is 13.9 Å². The quantitative estimate of drug-likeness (QED) is 0.173. The zero-order valence-corrected chi connectivity index (χ0v) is 29.0. The molecule has 0 aliphatic heterocycles. The summed E-state index contributed by atoms with van der Waals surface area (Å²) in [4.78, 5) is 29.9. The first kappa shape index (κ1) is 34.5. The minimum absolute atomic E-state index is 0.0183. The number of hydrogen-bond donors (Lipinski definition) is 1. The van der Waals surface area contributed by atoms with Crippen molar-refractivity contribution in [3.05, 3.63) is 129 Å². The molecule has 2 amide bonds. The van der Waals surface area contributed by atoms with E-state index in [1.54, 1.807) is 60.7 Å². The summed E-state index contributed by atoms with van der Waals surface area (Å²) >= 11 is 16.5. The van der Waals surface area contributed by atoms with Crippen LogP contribution in [-0.4, -0.2) is 43.3 Å². The van der Waals surface area contributed by atoms with Crippen LogP contribution < -0.4 is 9.62 Å². The second-order valence-electron chi connectivity index (χ2n) is 11.5. The third-order valence-corrected chi connectivity index (χ3v) is 9.86. The van der Waals surface area contributed by atoms with Crippen LogP contribution in [-0.2, 0) is 32.6 Å². The van der Waals surface area contributed by atoms with E-state index in [9.17, 15) is 18.0 Å². The molecule has 4 aromatic carbocycles. The number of amides is 2. The van der Waals surface area contributed by atoms with E-state index in [-0.39, 0.29) is 23.5 Å². The molecule has 0 bridgehead atoms. The molecule has 236 valence electrons. The van der Waals surface area contributed by atoms with Gasteiger partial charge in [0.15, 0.2) is 0 Å². The fraction of sp³-hybridized carbons (Fsp3) is 0.235. The number of nitrogens with one attached hydrogen (secondary N) is 1. The molecule has 0 heterocycles. The van der Waals surface area contributed by atoms with Gasteiger partial charge in [0.1, 0.15) is 12.6 Å². The summed E-state index contributed by atoms with van der Waals surface area (Å²) in [5, 5.41) is 3.63. The average Bonchev–Trinajstić information content (AvgIpc) is 2.99. The van der Waals surface area contributed by atoms with Gasteiger partial charge < -0.3 is 10.2 Å². The summed E-state index contributed by atoms with van der Waals surface area (Å²) in [6.45, 7) is 4.82.